The Morgan fingerprint density at radius 2 is 2.30 bits per heavy atom. The van der Waals surface area contributed by atoms with Gasteiger partial charge in [-0.25, -0.2) is 4.39 Å². The number of hydrogen-bond donors (Lipinski definition) is 0. The second kappa shape index (κ2) is 2.56. The average Bonchev–Trinajstić information content (AvgIpc) is 1.88. The third-order valence-electron chi connectivity index (χ3n) is 1.22. The van der Waals surface area contributed by atoms with Crippen LogP contribution in [0.2, 0.25) is 0 Å². The maximum absolute atomic E-state index is 12.2. The molecule has 2 nitrogen and oxygen atoms in total. The van der Waals surface area contributed by atoms with Gasteiger partial charge in [0.15, 0.2) is 12.1 Å². The molecule has 52 valence electrons. The maximum Gasteiger partial charge on any atom is 0.191 e. The van der Waals surface area contributed by atoms with Crippen LogP contribution < -0.4 is 0 Å². The van der Waals surface area contributed by atoms with Crippen molar-refractivity contribution in [2.24, 2.45) is 0 Å². The molecule has 0 aromatic heterocycles. The van der Waals surface area contributed by atoms with Crippen LogP contribution in [0.15, 0.2) is 23.6 Å². The molecular formula is C7H5FO2. The Kier molecular flexibility index (Phi) is 1.76. The van der Waals surface area contributed by atoms with E-state index in [9.17, 15) is 14.0 Å². The summed E-state index contributed by atoms with van der Waals surface area (Å²) < 4.78 is 12.2. The molecule has 3 heteroatoms. The normalized spacial score (nSPS) is 17.9. The molecule has 0 aromatic rings. The standard InChI is InChI=1S/C7H5FO2/c8-6-2-1-5(4-9)7(10)3-6/h1,3-4H,2H2. The van der Waals surface area contributed by atoms with Crippen LogP contribution in [0.1, 0.15) is 6.42 Å². The van der Waals surface area contributed by atoms with E-state index in [1.54, 1.807) is 0 Å². The number of aldehydes is 1. The molecule has 0 atom stereocenters. The predicted octanol–water partition coefficient (Wildman–Crippen LogP) is 0.938. The van der Waals surface area contributed by atoms with Crippen LogP contribution in [0.4, 0.5) is 4.39 Å². The Hall–Kier alpha value is -1.25. The van der Waals surface area contributed by atoms with Gasteiger partial charge in [0, 0.05) is 12.5 Å². The first-order chi connectivity index (χ1) is 4.74. The second-order valence-corrected chi connectivity index (χ2v) is 1.94. The first-order valence-electron chi connectivity index (χ1n) is 2.80. The molecular weight excluding hydrogens is 135 g/mol. The van der Waals surface area contributed by atoms with Gasteiger partial charge in [0.25, 0.3) is 0 Å². The van der Waals surface area contributed by atoms with E-state index in [0.717, 1.165) is 6.08 Å². The van der Waals surface area contributed by atoms with Crippen molar-refractivity contribution in [2.45, 2.75) is 6.42 Å². The minimum Gasteiger partial charge on any atom is -0.298 e. The SMILES string of the molecule is O=CC1=CCC(F)=CC1=O. The van der Waals surface area contributed by atoms with Crippen molar-refractivity contribution in [2.75, 3.05) is 0 Å². The largest absolute Gasteiger partial charge is 0.298 e. The molecule has 0 bridgehead atoms. The van der Waals surface area contributed by atoms with E-state index in [-0.39, 0.29) is 12.0 Å². The lowest BCUT2D eigenvalue weighted by Gasteiger charge is -2.00. The Bertz CT molecular complexity index is 238. The van der Waals surface area contributed by atoms with Gasteiger partial charge >= 0.3 is 0 Å². The molecule has 0 spiro atoms. The summed E-state index contributed by atoms with van der Waals surface area (Å²) >= 11 is 0. The predicted molar refractivity (Wildman–Crippen MR) is 33.0 cm³/mol. The lowest BCUT2D eigenvalue weighted by Crippen LogP contribution is -2.04. The average molecular weight is 140 g/mol. The molecule has 0 aromatic carbocycles. The number of halogens is 1. The van der Waals surface area contributed by atoms with Gasteiger partial charge < -0.3 is 0 Å². The van der Waals surface area contributed by atoms with Gasteiger partial charge in [-0.15, -0.1) is 0 Å². The van der Waals surface area contributed by atoms with Crippen molar-refractivity contribution in [3.8, 4) is 0 Å². The van der Waals surface area contributed by atoms with E-state index in [1.807, 2.05) is 0 Å². The highest BCUT2D eigenvalue weighted by molar-refractivity contribution is 6.17. The van der Waals surface area contributed by atoms with E-state index in [2.05, 4.69) is 0 Å². The molecule has 1 aliphatic carbocycles. The highest BCUT2D eigenvalue weighted by Crippen LogP contribution is 2.13. The van der Waals surface area contributed by atoms with Gasteiger partial charge in [-0.1, -0.05) is 6.08 Å². The number of ketones is 1. The van der Waals surface area contributed by atoms with E-state index >= 15 is 0 Å². The molecule has 10 heavy (non-hydrogen) atoms. The van der Waals surface area contributed by atoms with Crippen LogP contribution in [-0.4, -0.2) is 12.1 Å². The molecule has 0 radical (unpaired) electrons. The van der Waals surface area contributed by atoms with Crippen molar-refractivity contribution in [3.63, 3.8) is 0 Å². The van der Waals surface area contributed by atoms with Gasteiger partial charge in [-0.2, -0.15) is 0 Å². The number of rotatable bonds is 1. The molecule has 1 aliphatic rings. The highest BCUT2D eigenvalue weighted by Gasteiger charge is 2.11. The summed E-state index contributed by atoms with van der Waals surface area (Å²) in [6.45, 7) is 0. The lowest BCUT2D eigenvalue weighted by atomic mass is 10.1. The van der Waals surface area contributed by atoms with Crippen LogP contribution >= 0.6 is 0 Å². The quantitative estimate of drug-likeness (QED) is 0.401. The molecule has 0 unspecified atom stereocenters. The first-order valence-corrected chi connectivity index (χ1v) is 2.80. The summed E-state index contributed by atoms with van der Waals surface area (Å²) in [4.78, 5) is 20.7. The third-order valence-corrected chi connectivity index (χ3v) is 1.22. The fourth-order valence-electron chi connectivity index (χ4n) is 0.699. The molecule has 0 amide bonds. The Balaban J connectivity index is 2.85. The first kappa shape index (κ1) is 6.86. The summed E-state index contributed by atoms with van der Waals surface area (Å²) in [6, 6.07) is 0. The Morgan fingerprint density at radius 1 is 1.60 bits per heavy atom. The van der Waals surface area contributed by atoms with Crippen LogP contribution in [0.3, 0.4) is 0 Å². The molecule has 0 heterocycles. The summed E-state index contributed by atoms with van der Waals surface area (Å²) in [5.74, 6) is -1.03. The number of allylic oxidation sites excluding steroid dienone is 4. The fraction of sp³-hybridized carbons (Fsp3) is 0.143. The zero-order valence-corrected chi connectivity index (χ0v) is 5.13. The number of hydrogen-bond acceptors (Lipinski definition) is 2. The lowest BCUT2D eigenvalue weighted by molar-refractivity contribution is -0.114. The summed E-state index contributed by atoms with van der Waals surface area (Å²) in [5.41, 5.74) is 0.0430. The maximum atomic E-state index is 12.2. The monoisotopic (exact) mass is 140 g/mol. The Morgan fingerprint density at radius 3 is 2.80 bits per heavy atom. The molecule has 0 fully saturated rings. The van der Waals surface area contributed by atoms with E-state index in [0.29, 0.717) is 6.29 Å². The molecule has 0 N–H and O–H groups in total. The highest BCUT2D eigenvalue weighted by atomic mass is 19.1. The molecule has 0 saturated heterocycles. The topological polar surface area (TPSA) is 34.1 Å². The van der Waals surface area contributed by atoms with E-state index in [4.69, 9.17) is 0 Å². The van der Waals surface area contributed by atoms with Crippen LogP contribution in [0.25, 0.3) is 0 Å². The second-order valence-electron chi connectivity index (χ2n) is 1.94. The zero-order valence-electron chi connectivity index (χ0n) is 5.13. The minimum absolute atomic E-state index is 0.0430. The van der Waals surface area contributed by atoms with Crippen LogP contribution in [0.5, 0.6) is 0 Å². The van der Waals surface area contributed by atoms with Gasteiger partial charge in [0.05, 0.1) is 5.57 Å². The van der Waals surface area contributed by atoms with Crippen LogP contribution in [-0.2, 0) is 9.59 Å². The van der Waals surface area contributed by atoms with Crippen molar-refractivity contribution < 1.29 is 14.0 Å². The van der Waals surface area contributed by atoms with Crippen molar-refractivity contribution in [1.82, 2.24) is 0 Å². The Labute approximate surface area is 57.0 Å². The van der Waals surface area contributed by atoms with E-state index < -0.39 is 11.6 Å². The van der Waals surface area contributed by atoms with Crippen molar-refractivity contribution in [3.05, 3.63) is 23.6 Å². The molecule has 1 rings (SSSR count). The number of carbonyl (C=O) groups is 2. The van der Waals surface area contributed by atoms with Gasteiger partial charge in [-0.05, 0) is 0 Å². The fourth-order valence-corrected chi connectivity index (χ4v) is 0.699. The summed E-state index contributed by atoms with van der Waals surface area (Å²) in [7, 11) is 0. The van der Waals surface area contributed by atoms with Gasteiger partial charge in [-0.3, -0.25) is 9.59 Å². The zero-order chi connectivity index (χ0) is 7.56. The van der Waals surface area contributed by atoms with Gasteiger partial charge in [0.2, 0.25) is 0 Å². The molecule has 0 aliphatic heterocycles. The smallest absolute Gasteiger partial charge is 0.191 e. The van der Waals surface area contributed by atoms with E-state index in [1.165, 1.54) is 6.08 Å². The number of carbonyl (C=O) groups excluding carboxylic acids is 2. The third kappa shape index (κ3) is 1.18. The summed E-state index contributed by atoms with van der Waals surface area (Å²) in [5, 5.41) is 0. The van der Waals surface area contributed by atoms with Crippen LogP contribution in [0, 0.1) is 0 Å². The molecule has 0 saturated carbocycles. The minimum atomic E-state index is -0.543. The van der Waals surface area contributed by atoms with Crippen molar-refractivity contribution >= 4 is 12.1 Å². The van der Waals surface area contributed by atoms with Gasteiger partial charge in [0.1, 0.15) is 5.83 Å². The van der Waals surface area contributed by atoms with Crippen molar-refractivity contribution in [1.29, 1.82) is 0 Å². The summed E-state index contributed by atoms with van der Waals surface area (Å²) in [6.07, 6.45) is 2.61.